The lowest BCUT2D eigenvalue weighted by atomic mass is 10.1. The van der Waals surface area contributed by atoms with Crippen LogP contribution in [0.3, 0.4) is 0 Å². The second-order valence-corrected chi connectivity index (χ2v) is 8.22. The molecule has 6 nitrogen and oxygen atoms in total. The van der Waals surface area contributed by atoms with Gasteiger partial charge in [-0.3, -0.25) is 4.79 Å². The minimum atomic E-state index is -0.146. The molecule has 3 aromatic carbocycles. The topological polar surface area (TPSA) is 68.5 Å². The van der Waals surface area contributed by atoms with E-state index in [2.05, 4.69) is 10.2 Å². The Labute approximate surface area is 197 Å². The number of benzene rings is 3. The van der Waals surface area contributed by atoms with E-state index < -0.39 is 0 Å². The number of rotatable bonds is 8. The molecule has 1 aromatic heterocycles. The third kappa shape index (κ3) is 5.59. The Hall–Kier alpha value is -3.64. The Bertz CT molecular complexity index is 1220. The molecule has 1 heterocycles. The monoisotopic (exact) mass is 461 g/mol. The van der Waals surface area contributed by atoms with Gasteiger partial charge in [-0.05, 0) is 49.7 Å². The van der Waals surface area contributed by atoms with Crippen molar-refractivity contribution in [2.24, 2.45) is 0 Å². The van der Waals surface area contributed by atoms with E-state index in [4.69, 9.17) is 20.8 Å². The largest absolute Gasteiger partial charge is 0.489 e. The maximum Gasteiger partial charge on any atom is 0.254 e. The molecule has 0 aliphatic rings. The van der Waals surface area contributed by atoms with Crippen LogP contribution in [0.15, 0.2) is 83.3 Å². The Balaban J connectivity index is 1.48. The number of hydrogen-bond acceptors (Lipinski definition) is 5. The molecule has 0 bridgehead atoms. The van der Waals surface area contributed by atoms with Crippen molar-refractivity contribution >= 4 is 17.5 Å². The van der Waals surface area contributed by atoms with Crippen molar-refractivity contribution in [3.05, 3.63) is 101 Å². The highest BCUT2D eigenvalue weighted by Crippen LogP contribution is 2.27. The molecule has 0 spiro atoms. The van der Waals surface area contributed by atoms with Crippen molar-refractivity contribution in [2.75, 3.05) is 0 Å². The number of nitrogens with zero attached hydrogens (tertiary/aromatic N) is 3. The van der Waals surface area contributed by atoms with Gasteiger partial charge in [-0.25, -0.2) is 0 Å². The van der Waals surface area contributed by atoms with Gasteiger partial charge in [0.25, 0.3) is 5.91 Å². The van der Waals surface area contributed by atoms with Gasteiger partial charge in [0.2, 0.25) is 11.8 Å². The molecule has 0 unspecified atom stereocenters. The Morgan fingerprint density at radius 3 is 2.52 bits per heavy atom. The maximum absolute atomic E-state index is 13.3. The third-order valence-electron chi connectivity index (χ3n) is 5.09. The summed E-state index contributed by atoms with van der Waals surface area (Å²) in [7, 11) is 0. The smallest absolute Gasteiger partial charge is 0.254 e. The summed E-state index contributed by atoms with van der Waals surface area (Å²) in [6.07, 6.45) is 0. The minimum absolute atomic E-state index is 0.0814. The quantitative estimate of drug-likeness (QED) is 0.321. The minimum Gasteiger partial charge on any atom is -0.489 e. The van der Waals surface area contributed by atoms with Crippen LogP contribution >= 0.6 is 11.6 Å². The summed E-state index contributed by atoms with van der Waals surface area (Å²) in [6.45, 7) is 4.50. The van der Waals surface area contributed by atoms with E-state index in [9.17, 15) is 4.79 Å². The summed E-state index contributed by atoms with van der Waals surface area (Å²) in [5, 5.41) is 8.74. The summed E-state index contributed by atoms with van der Waals surface area (Å²) in [5.74, 6) is 1.14. The van der Waals surface area contributed by atoms with Crippen LogP contribution in [0.25, 0.3) is 11.5 Å². The first-order valence-electron chi connectivity index (χ1n) is 10.7. The normalized spacial score (nSPS) is 10.9. The van der Waals surface area contributed by atoms with Gasteiger partial charge >= 0.3 is 0 Å². The van der Waals surface area contributed by atoms with Gasteiger partial charge in [-0.1, -0.05) is 60.1 Å². The molecule has 168 valence electrons. The van der Waals surface area contributed by atoms with E-state index in [0.29, 0.717) is 40.3 Å². The van der Waals surface area contributed by atoms with Gasteiger partial charge < -0.3 is 14.1 Å². The molecule has 33 heavy (non-hydrogen) atoms. The predicted molar refractivity (Wildman–Crippen MR) is 127 cm³/mol. The fourth-order valence-electron chi connectivity index (χ4n) is 3.32. The fraction of sp³-hybridized carbons (Fsp3) is 0.192. The lowest BCUT2D eigenvalue weighted by Gasteiger charge is -2.25. The number of amides is 1. The van der Waals surface area contributed by atoms with E-state index in [0.717, 1.165) is 5.56 Å². The molecule has 0 radical (unpaired) electrons. The molecule has 0 atom stereocenters. The predicted octanol–water partition coefficient (Wildman–Crippen LogP) is 6.02. The van der Waals surface area contributed by atoms with E-state index in [-0.39, 0.29) is 18.5 Å². The summed E-state index contributed by atoms with van der Waals surface area (Å²) in [6, 6.07) is 24.2. The number of carbonyl (C=O) groups excluding carboxylic acids is 1. The van der Waals surface area contributed by atoms with E-state index >= 15 is 0 Å². The summed E-state index contributed by atoms with van der Waals surface area (Å²) >= 11 is 6.23. The first-order valence-corrected chi connectivity index (χ1v) is 11.0. The molecule has 4 aromatic rings. The zero-order valence-corrected chi connectivity index (χ0v) is 19.2. The van der Waals surface area contributed by atoms with Crippen LogP contribution < -0.4 is 4.74 Å². The second kappa shape index (κ2) is 10.3. The number of halogens is 1. The fourth-order valence-corrected chi connectivity index (χ4v) is 3.54. The summed E-state index contributed by atoms with van der Waals surface area (Å²) in [5.41, 5.74) is 2.24. The molecule has 0 fully saturated rings. The molecule has 0 aliphatic heterocycles. The number of carbonyl (C=O) groups is 1. The standard InChI is InChI=1S/C26H24ClN3O3/c1-18(2)30(16-24-28-29-25(33-24)22-13-6-7-14-23(22)27)26(31)20-11-8-12-21(15-20)32-17-19-9-4-3-5-10-19/h3-15,18H,16-17H2,1-2H3. The van der Waals surface area contributed by atoms with Crippen molar-refractivity contribution in [2.45, 2.75) is 33.0 Å². The highest BCUT2D eigenvalue weighted by Gasteiger charge is 2.23. The highest BCUT2D eigenvalue weighted by atomic mass is 35.5. The highest BCUT2D eigenvalue weighted by molar-refractivity contribution is 6.33. The van der Waals surface area contributed by atoms with Gasteiger partial charge in [0.05, 0.1) is 17.1 Å². The maximum atomic E-state index is 13.3. The van der Waals surface area contributed by atoms with Crippen LogP contribution in [0.5, 0.6) is 5.75 Å². The van der Waals surface area contributed by atoms with Crippen molar-refractivity contribution in [3.63, 3.8) is 0 Å². The van der Waals surface area contributed by atoms with Gasteiger partial charge in [-0.15, -0.1) is 10.2 Å². The van der Waals surface area contributed by atoms with Crippen LogP contribution in [-0.2, 0) is 13.2 Å². The van der Waals surface area contributed by atoms with Crippen LogP contribution in [0, 0.1) is 0 Å². The molecule has 1 amide bonds. The van der Waals surface area contributed by atoms with Crippen molar-refractivity contribution < 1.29 is 13.9 Å². The van der Waals surface area contributed by atoms with E-state index in [1.165, 1.54) is 0 Å². The molecule has 0 saturated heterocycles. The van der Waals surface area contributed by atoms with E-state index in [1.807, 2.05) is 74.5 Å². The molecular formula is C26H24ClN3O3. The first kappa shape index (κ1) is 22.6. The van der Waals surface area contributed by atoms with Gasteiger partial charge in [0, 0.05) is 11.6 Å². The zero-order valence-electron chi connectivity index (χ0n) is 18.4. The van der Waals surface area contributed by atoms with Crippen LogP contribution in [0.2, 0.25) is 5.02 Å². The lowest BCUT2D eigenvalue weighted by Crippen LogP contribution is -2.36. The van der Waals surface area contributed by atoms with Crippen LogP contribution in [0.1, 0.15) is 35.7 Å². The molecular weight excluding hydrogens is 438 g/mol. The van der Waals surface area contributed by atoms with Gasteiger partial charge in [0.15, 0.2) is 0 Å². The second-order valence-electron chi connectivity index (χ2n) is 7.81. The van der Waals surface area contributed by atoms with Crippen molar-refractivity contribution in [3.8, 4) is 17.2 Å². The van der Waals surface area contributed by atoms with E-state index in [1.54, 1.807) is 23.1 Å². The van der Waals surface area contributed by atoms with Gasteiger partial charge in [-0.2, -0.15) is 0 Å². The van der Waals surface area contributed by atoms with Crippen molar-refractivity contribution in [1.29, 1.82) is 0 Å². The number of hydrogen-bond donors (Lipinski definition) is 0. The number of aromatic nitrogens is 2. The lowest BCUT2D eigenvalue weighted by molar-refractivity contribution is 0.0672. The Morgan fingerprint density at radius 2 is 1.76 bits per heavy atom. The van der Waals surface area contributed by atoms with Crippen LogP contribution in [0.4, 0.5) is 0 Å². The first-order chi connectivity index (χ1) is 16.0. The average Bonchev–Trinajstić information content (AvgIpc) is 3.30. The molecule has 0 saturated carbocycles. The zero-order chi connectivity index (χ0) is 23.2. The van der Waals surface area contributed by atoms with Crippen LogP contribution in [-0.4, -0.2) is 27.0 Å². The molecule has 7 heteroatoms. The van der Waals surface area contributed by atoms with Gasteiger partial charge in [0.1, 0.15) is 12.4 Å². The summed E-state index contributed by atoms with van der Waals surface area (Å²) in [4.78, 5) is 15.0. The third-order valence-corrected chi connectivity index (χ3v) is 5.42. The molecule has 4 rings (SSSR count). The number of ether oxygens (including phenoxy) is 1. The van der Waals surface area contributed by atoms with Crippen molar-refractivity contribution in [1.82, 2.24) is 15.1 Å². The Morgan fingerprint density at radius 1 is 1.00 bits per heavy atom. The Kier molecular flexibility index (Phi) is 7.05. The average molecular weight is 462 g/mol. The molecule has 0 N–H and O–H groups in total. The summed E-state index contributed by atoms with van der Waals surface area (Å²) < 4.78 is 11.7. The molecule has 0 aliphatic carbocycles. The SMILES string of the molecule is CC(C)N(Cc1nnc(-c2ccccc2Cl)o1)C(=O)c1cccc(OCc2ccccc2)c1.